The fourth-order valence-corrected chi connectivity index (χ4v) is 9.93. The Bertz CT molecular complexity index is 2330. The van der Waals surface area contributed by atoms with Gasteiger partial charge in [-0.25, -0.2) is 13.1 Å². The predicted molar refractivity (Wildman–Crippen MR) is 213 cm³/mol. The van der Waals surface area contributed by atoms with E-state index in [0.717, 1.165) is 88.7 Å². The van der Waals surface area contributed by atoms with Crippen molar-refractivity contribution in [1.29, 1.82) is 0 Å². The van der Waals surface area contributed by atoms with Crippen LogP contribution < -0.4 is 9.46 Å². The minimum Gasteiger partial charge on any atom is -0.497 e. The molecule has 2 fully saturated rings. The zero-order chi connectivity index (χ0) is 37.9. The summed E-state index contributed by atoms with van der Waals surface area (Å²) in [6, 6.07) is 22.0. The van der Waals surface area contributed by atoms with Gasteiger partial charge in [-0.15, -0.1) is 0 Å². The summed E-state index contributed by atoms with van der Waals surface area (Å²) in [5.74, 6) is 1.58. The highest BCUT2D eigenvalue weighted by atomic mass is 32.2. The highest BCUT2D eigenvalue weighted by Crippen LogP contribution is 2.53. The molecule has 2 aliphatic heterocycles. The third kappa shape index (κ3) is 6.20. The normalized spacial score (nSPS) is 21.2. The molecule has 3 aliphatic rings. The van der Waals surface area contributed by atoms with Crippen LogP contribution in [0.15, 0.2) is 71.1 Å². The van der Waals surface area contributed by atoms with Gasteiger partial charge in [0.2, 0.25) is 15.9 Å². The van der Waals surface area contributed by atoms with E-state index in [4.69, 9.17) is 9.15 Å². The van der Waals surface area contributed by atoms with Crippen molar-refractivity contribution in [3.63, 3.8) is 0 Å². The smallest absolute Gasteiger partial charge is 0.264 e. The van der Waals surface area contributed by atoms with Gasteiger partial charge < -0.3 is 18.6 Å². The van der Waals surface area contributed by atoms with Crippen LogP contribution in [0.3, 0.4) is 0 Å². The number of methoxy groups -OCH3 is 1. The molecule has 9 nitrogen and oxygen atoms in total. The second-order valence-corrected chi connectivity index (χ2v) is 18.5. The first-order valence-electron chi connectivity index (χ1n) is 19.6. The number of nitrogens with one attached hydrogen (secondary N) is 1. The number of hydrogen-bond acceptors (Lipinski definition) is 6. The summed E-state index contributed by atoms with van der Waals surface area (Å²) < 4.78 is 42.1. The number of ether oxygens (including phenoxy) is 1. The van der Waals surface area contributed by atoms with E-state index >= 15 is 4.79 Å². The molecule has 1 saturated carbocycles. The molecule has 10 heteroatoms. The molecule has 2 unspecified atom stereocenters. The Morgan fingerprint density at radius 2 is 1.67 bits per heavy atom. The molecule has 8 rings (SSSR count). The minimum absolute atomic E-state index is 0.109. The van der Waals surface area contributed by atoms with E-state index < -0.39 is 26.6 Å². The van der Waals surface area contributed by atoms with Crippen LogP contribution in [0.2, 0.25) is 0 Å². The molecule has 5 aromatic rings. The molecule has 1 aliphatic carbocycles. The molecule has 3 aromatic carbocycles. The number of aromatic nitrogens is 1. The number of rotatable bonds is 7. The predicted octanol–water partition coefficient (Wildman–Crippen LogP) is 9.11. The summed E-state index contributed by atoms with van der Waals surface area (Å²) in [5, 5.41) is 1.40. The number of sulfonamides is 1. The zero-order valence-corrected chi connectivity index (χ0v) is 32.8. The van der Waals surface area contributed by atoms with Crippen LogP contribution >= 0.6 is 0 Å². The fraction of sp³-hybridized carbons (Fsp3) is 0.455. The molecular weight excluding hydrogens is 699 g/mol. The Labute approximate surface area is 318 Å². The Hall–Kier alpha value is -4.57. The van der Waals surface area contributed by atoms with Crippen LogP contribution in [0, 0.1) is 5.41 Å². The molecule has 0 bridgehead atoms. The topological polar surface area (TPSA) is 111 Å². The largest absolute Gasteiger partial charge is 0.497 e. The minimum atomic E-state index is -3.83. The monoisotopic (exact) mass is 749 g/mol. The summed E-state index contributed by atoms with van der Waals surface area (Å²) in [5.41, 5.74) is 5.66. The van der Waals surface area contributed by atoms with Crippen LogP contribution in [0.5, 0.6) is 5.75 Å². The van der Waals surface area contributed by atoms with E-state index in [1.807, 2.05) is 41.3 Å². The molecule has 2 amide bonds. The highest BCUT2D eigenvalue weighted by Gasteiger charge is 2.47. The first kappa shape index (κ1) is 36.4. The molecule has 1 saturated heterocycles. The van der Waals surface area contributed by atoms with Gasteiger partial charge in [-0.1, -0.05) is 50.5 Å². The second kappa shape index (κ2) is 13.9. The molecule has 0 radical (unpaired) electrons. The van der Waals surface area contributed by atoms with Crippen molar-refractivity contribution >= 4 is 43.7 Å². The molecule has 0 spiro atoms. The van der Waals surface area contributed by atoms with Gasteiger partial charge in [0, 0.05) is 53.0 Å². The van der Waals surface area contributed by atoms with E-state index in [1.54, 1.807) is 27.0 Å². The molecule has 54 heavy (non-hydrogen) atoms. The number of piperidine rings is 1. The van der Waals surface area contributed by atoms with Crippen molar-refractivity contribution in [3.8, 4) is 17.0 Å². The number of carbonyl (C=O) groups is 2. The molecule has 2 atom stereocenters. The van der Waals surface area contributed by atoms with Crippen molar-refractivity contribution in [2.24, 2.45) is 5.41 Å². The molecule has 284 valence electrons. The van der Waals surface area contributed by atoms with Crippen molar-refractivity contribution in [3.05, 3.63) is 89.2 Å². The number of furan rings is 1. The summed E-state index contributed by atoms with van der Waals surface area (Å²) >= 11 is 0. The van der Waals surface area contributed by atoms with Crippen molar-refractivity contribution < 1.29 is 27.2 Å². The maximum Gasteiger partial charge on any atom is 0.264 e. The van der Waals surface area contributed by atoms with E-state index in [9.17, 15) is 13.2 Å². The van der Waals surface area contributed by atoms with Crippen LogP contribution in [0.4, 0.5) is 0 Å². The van der Waals surface area contributed by atoms with Crippen molar-refractivity contribution in [1.82, 2.24) is 14.2 Å². The number of nitrogens with zero attached hydrogens (tertiary/aromatic N) is 2. The summed E-state index contributed by atoms with van der Waals surface area (Å²) in [4.78, 5) is 30.7. The average molecular weight is 750 g/mol. The standard InChI is InChI=1S/C44H51N3O6S/c1-27(2)54(50,51)45-42(48)32-15-17-35-37(23-32)47-26-44(4,43(49)46-21-19-29(20-22-46)39-24-31-13-9-10-14-38(31)53-39)28(3)36-25-33(52-5)16-18-34(36)41(47)40(35)30-11-7-6-8-12-30/h9-10,13-18,23-25,27-30H,6-8,11-12,19-22,26H2,1-5H3,(H,45,48). The van der Waals surface area contributed by atoms with E-state index in [1.165, 1.54) is 12.0 Å². The highest BCUT2D eigenvalue weighted by molar-refractivity contribution is 7.90. The lowest BCUT2D eigenvalue weighted by Gasteiger charge is -2.41. The van der Waals surface area contributed by atoms with Gasteiger partial charge in [0.15, 0.2) is 0 Å². The summed E-state index contributed by atoms with van der Waals surface area (Å²) in [7, 11) is -2.16. The van der Waals surface area contributed by atoms with Crippen LogP contribution in [-0.4, -0.2) is 55.1 Å². The summed E-state index contributed by atoms with van der Waals surface area (Å²) in [6.45, 7) is 9.04. The number of carbonyl (C=O) groups excluding carboxylic acids is 2. The lowest BCUT2D eigenvalue weighted by molar-refractivity contribution is -0.144. The Morgan fingerprint density at radius 3 is 2.37 bits per heavy atom. The number of likely N-dealkylation sites (tertiary alicyclic amines) is 1. The van der Waals surface area contributed by atoms with E-state index in [-0.39, 0.29) is 23.3 Å². The zero-order valence-electron chi connectivity index (χ0n) is 32.0. The van der Waals surface area contributed by atoms with Gasteiger partial charge in [0.05, 0.1) is 23.5 Å². The van der Waals surface area contributed by atoms with Gasteiger partial charge in [-0.2, -0.15) is 0 Å². The number of benzene rings is 3. The van der Waals surface area contributed by atoms with Crippen molar-refractivity contribution in [2.75, 3.05) is 20.2 Å². The molecular formula is C44H51N3O6S. The molecule has 1 N–H and O–H groups in total. The average Bonchev–Trinajstić information content (AvgIpc) is 3.73. The van der Waals surface area contributed by atoms with Crippen LogP contribution in [-0.2, 0) is 21.4 Å². The number of amides is 2. The fourth-order valence-electron chi connectivity index (χ4n) is 9.32. The third-order valence-electron chi connectivity index (χ3n) is 12.8. The maximum atomic E-state index is 15.2. The Balaban J connectivity index is 1.23. The number of hydrogen-bond donors (Lipinski definition) is 1. The Morgan fingerprint density at radius 1 is 0.926 bits per heavy atom. The van der Waals surface area contributed by atoms with E-state index in [0.29, 0.717) is 25.6 Å². The quantitative estimate of drug-likeness (QED) is 0.178. The molecule has 2 aromatic heterocycles. The SMILES string of the molecule is COc1ccc2c(c1)C(C)C(C)(C(=O)N1CCC(c3cc4ccccc4o3)CC1)Cn1c-2c(C2CCCCC2)c2ccc(C(=O)NS(=O)(=O)C(C)C)cc21. The number of para-hydroxylation sites is 1. The first-order valence-corrected chi connectivity index (χ1v) is 21.1. The van der Waals surface area contributed by atoms with Crippen molar-refractivity contribution in [2.45, 2.75) is 102 Å². The Kier molecular flexibility index (Phi) is 9.39. The van der Waals surface area contributed by atoms with Crippen LogP contribution in [0.25, 0.3) is 33.1 Å². The lowest BCUT2D eigenvalue weighted by atomic mass is 9.72. The summed E-state index contributed by atoms with van der Waals surface area (Å²) in [6.07, 6.45) is 7.29. The van der Waals surface area contributed by atoms with E-state index in [2.05, 4.69) is 47.4 Å². The van der Waals surface area contributed by atoms with Gasteiger partial charge in [0.1, 0.15) is 17.1 Å². The number of fused-ring (bicyclic) bond motifs is 6. The van der Waals surface area contributed by atoms with Gasteiger partial charge in [0.25, 0.3) is 5.91 Å². The van der Waals surface area contributed by atoms with Gasteiger partial charge >= 0.3 is 0 Å². The maximum absolute atomic E-state index is 15.2. The third-order valence-corrected chi connectivity index (χ3v) is 14.5. The molecule has 4 heterocycles. The second-order valence-electron chi connectivity index (χ2n) is 16.3. The van der Waals surface area contributed by atoms with Crippen LogP contribution in [0.1, 0.15) is 118 Å². The first-order chi connectivity index (χ1) is 25.9. The van der Waals surface area contributed by atoms with Gasteiger partial charge in [-0.3, -0.25) is 9.59 Å². The van der Waals surface area contributed by atoms with Gasteiger partial charge in [-0.05, 0) is 112 Å². The lowest BCUT2D eigenvalue weighted by Crippen LogP contribution is -2.49.